The Labute approximate surface area is 149 Å². The van der Waals surface area contributed by atoms with Crippen LogP contribution in [0.25, 0.3) is 34.0 Å². The fourth-order valence-corrected chi connectivity index (χ4v) is 2.62. The van der Waals surface area contributed by atoms with Crippen LogP contribution in [0, 0.1) is 0 Å². The van der Waals surface area contributed by atoms with Gasteiger partial charge in [-0.3, -0.25) is 0 Å². The Morgan fingerprint density at radius 1 is 1.23 bits per heavy atom. The predicted molar refractivity (Wildman–Crippen MR) is 95.4 cm³/mol. The quantitative estimate of drug-likeness (QED) is 0.527. The predicted octanol–water partition coefficient (Wildman–Crippen LogP) is 2.14. The molecule has 0 radical (unpaired) electrons. The summed E-state index contributed by atoms with van der Waals surface area (Å²) >= 11 is 0. The molecule has 132 valence electrons. The summed E-state index contributed by atoms with van der Waals surface area (Å²) in [4.78, 5) is 9.02. The summed E-state index contributed by atoms with van der Waals surface area (Å²) < 4.78 is 12.4. The summed E-state index contributed by atoms with van der Waals surface area (Å²) in [6, 6.07) is 9.38. The van der Waals surface area contributed by atoms with Crippen molar-refractivity contribution >= 4 is 17.0 Å². The highest BCUT2D eigenvalue weighted by Gasteiger charge is 2.14. The van der Waals surface area contributed by atoms with Crippen LogP contribution in [0.5, 0.6) is 0 Å². The highest BCUT2D eigenvalue weighted by Crippen LogP contribution is 2.26. The van der Waals surface area contributed by atoms with Gasteiger partial charge in [-0.25, -0.2) is 4.98 Å². The number of nitrogens with zero attached hydrogens (tertiary/aromatic N) is 6. The summed E-state index contributed by atoms with van der Waals surface area (Å²) in [7, 11) is 3.63. The molecule has 0 spiro atoms. The van der Waals surface area contributed by atoms with E-state index in [1.54, 1.807) is 25.4 Å². The standard InChI is InChI=1S/C17H17N7O2/c1-24-14-6-5-11(10-13(14)20-17(24)18-8-9-25-2)16-21-15(23-26-16)12-4-3-7-19-22-12/h3-7,10H,8-9H2,1-2H3,(H,18,20). The first-order chi connectivity index (χ1) is 12.8. The van der Waals surface area contributed by atoms with Crippen LogP contribution in [0.3, 0.4) is 0 Å². The van der Waals surface area contributed by atoms with E-state index in [0.29, 0.717) is 30.6 Å². The Hall–Kier alpha value is -3.33. The molecule has 0 unspecified atom stereocenters. The molecule has 0 amide bonds. The Bertz CT molecular complexity index is 1030. The van der Waals surface area contributed by atoms with Crippen LogP contribution in [0.4, 0.5) is 5.95 Å². The minimum Gasteiger partial charge on any atom is -0.383 e. The molecule has 0 aliphatic carbocycles. The van der Waals surface area contributed by atoms with Gasteiger partial charge in [0.1, 0.15) is 5.69 Å². The van der Waals surface area contributed by atoms with Crippen LogP contribution in [0.1, 0.15) is 0 Å². The maximum absolute atomic E-state index is 5.37. The molecule has 0 bridgehead atoms. The lowest BCUT2D eigenvalue weighted by atomic mass is 10.2. The highest BCUT2D eigenvalue weighted by atomic mass is 16.5. The Morgan fingerprint density at radius 3 is 2.96 bits per heavy atom. The Morgan fingerprint density at radius 2 is 2.15 bits per heavy atom. The van der Waals surface area contributed by atoms with Gasteiger partial charge in [-0.1, -0.05) is 5.16 Å². The minimum atomic E-state index is 0.399. The van der Waals surface area contributed by atoms with Gasteiger partial charge in [0.15, 0.2) is 0 Å². The van der Waals surface area contributed by atoms with Gasteiger partial charge in [-0.15, -0.1) is 5.10 Å². The Kier molecular flexibility index (Phi) is 4.28. The number of aromatic nitrogens is 6. The zero-order valence-corrected chi connectivity index (χ0v) is 14.4. The zero-order chi connectivity index (χ0) is 17.9. The van der Waals surface area contributed by atoms with Crippen LogP contribution < -0.4 is 5.32 Å². The van der Waals surface area contributed by atoms with Crippen molar-refractivity contribution in [2.24, 2.45) is 7.05 Å². The molecule has 0 atom stereocenters. The average Bonchev–Trinajstić information content (AvgIpc) is 3.28. The molecule has 0 fully saturated rings. The molecule has 3 aromatic heterocycles. The van der Waals surface area contributed by atoms with E-state index in [9.17, 15) is 0 Å². The molecule has 4 rings (SSSR count). The summed E-state index contributed by atoms with van der Waals surface area (Å²) in [5.41, 5.74) is 3.19. The second-order valence-electron chi connectivity index (χ2n) is 5.65. The van der Waals surface area contributed by atoms with Crippen molar-refractivity contribution in [3.05, 3.63) is 36.5 Å². The summed E-state index contributed by atoms with van der Waals surface area (Å²) in [5.74, 6) is 1.59. The largest absolute Gasteiger partial charge is 0.383 e. The fraction of sp³-hybridized carbons (Fsp3) is 0.235. The van der Waals surface area contributed by atoms with Crippen LogP contribution in [-0.4, -0.2) is 50.2 Å². The molecule has 1 N–H and O–H groups in total. The van der Waals surface area contributed by atoms with Crippen molar-refractivity contribution in [2.75, 3.05) is 25.6 Å². The number of imidazole rings is 1. The normalized spacial score (nSPS) is 11.2. The molecule has 0 aliphatic heterocycles. The van der Waals surface area contributed by atoms with Crippen LogP contribution in [0.2, 0.25) is 0 Å². The molecule has 0 aliphatic rings. The average molecular weight is 351 g/mol. The Balaban J connectivity index is 1.64. The SMILES string of the molecule is COCCNc1nc2cc(-c3nc(-c4cccnn4)no3)ccc2n1C. The molecule has 9 heteroatoms. The zero-order valence-electron chi connectivity index (χ0n) is 14.4. The van der Waals surface area contributed by atoms with Crippen molar-refractivity contribution in [3.63, 3.8) is 0 Å². The topological polar surface area (TPSA) is 104 Å². The lowest BCUT2D eigenvalue weighted by Crippen LogP contribution is -2.10. The molecular weight excluding hydrogens is 334 g/mol. The van der Waals surface area contributed by atoms with Gasteiger partial charge < -0.3 is 19.1 Å². The molecular formula is C17H17N7O2. The van der Waals surface area contributed by atoms with Gasteiger partial charge in [0.25, 0.3) is 5.89 Å². The third-order valence-corrected chi connectivity index (χ3v) is 3.94. The minimum absolute atomic E-state index is 0.399. The number of hydrogen-bond donors (Lipinski definition) is 1. The van der Waals surface area contributed by atoms with E-state index in [0.717, 1.165) is 22.5 Å². The first kappa shape index (κ1) is 16.2. The second kappa shape index (κ2) is 6.89. The third-order valence-electron chi connectivity index (χ3n) is 3.94. The van der Waals surface area contributed by atoms with Gasteiger partial charge in [0, 0.05) is 32.5 Å². The summed E-state index contributed by atoms with van der Waals surface area (Å²) in [6.07, 6.45) is 1.59. The maximum Gasteiger partial charge on any atom is 0.258 e. The molecule has 0 saturated carbocycles. The number of benzene rings is 1. The van der Waals surface area contributed by atoms with Gasteiger partial charge in [-0.05, 0) is 30.3 Å². The first-order valence-electron chi connectivity index (χ1n) is 8.07. The van der Waals surface area contributed by atoms with E-state index in [2.05, 4.69) is 30.6 Å². The molecule has 0 saturated heterocycles. The number of ether oxygens (including phenoxy) is 1. The van der Waals surface area contributed by atoms with Gasteiger partial charge in [0.05, 0.1) is 17.6 Å². The second-order valence-corrected chi connectivity index (χ2v) is 5.65. The first-order valence-corrected chi connectivity index (χ1v) is 8.07. The molecule has 9 nitrogen and oxygen atoms in total. The number of methoxy groups -OCH3 is 1. The highest BCUT2D eigenvalue weighted by molar-refractivity contribution is 5.83. The van der Waals surface area contributed by atoms with Gasteiger partial charge in [0.2, 0.25) is 11.8 Å². The van der Waals surface area contributed by atoms with E-state index in [1.807, 2.05) is 29.8 Å². The van der Waals surface area contributed by atoms with E-state index in [4.69, 9.17) is 9.26 Å². The molecule has 1 aromatic carbocycles. The number of fused-ring (bicyclic) bond motifs is 1. The molecule has 26 heavy (non-hydrogen) atoms. The van der Waals surface area contributed by atoms with Crippen molar-refractivity contribution < 1.29 is 9.26 Å². The number of aryl methyl sites for hydroxylation is 1. The summed E-state index contributed by atoms with van der Waals surface area (Å²) in [6.45, 7) is 1.30. The molecule has 4 aromatic rings. The van der Waals surface area contributed by atoms with Gasteiger partial charge in [-0.2, -0.15) is 10.1 Å². The third kappa shape index (κ3) is 3.00. The molecule has 3 heterocycles. The monoisotopic (exact) mass is 351 g/mol. The van der Waals surface area contributed by atoms with E-state index in [-0.39, 0.29) is 0 Å². The van der Waals surface area contributed by atoms with Crippen molar-refractivity contribution in [1.82, 2.24) is 29.9 Å². The maximum atomic E-state index is 5.37. The van der Waals surface area contributed by atoms with Gasteiger partial charge >= 0.3 is 0 Å². The number of hydrogen-bond acceptors (Lipinski definition) is 8. The van der Waals surface area contributed by atoms with Crippen molar-refractivity contribution in [1.29, 1.82) is 0 Å². The van der Waals surface area contributed by atoms with E-state index in [1.165, 1.54) is 0 Å². The number of rotatable bonds is 6. The van der Waals surface area contributed by atoms with Crippen LogP contribution in [-0.2, 0) is 11.8 Å². The summed E-state index contributed by atoms with van der Waals surface area (Å²) in [5, 5.41) is 15.0. The van der Waals surface area contributed by atoms with E-state index < -0.39 is 0 Å². The lowest BCUT2D eigenvalue weighted by molar-refractivity contribution is 0.210. The number of nitrogens with one attached hydrogen (secondary N) is 1. The van der Waals surface area contributed by atoms with Crippen molar-refractivity contribution in [2.45, 2.75) is 0 Å². The lowest BCUT2D eigenvalue weighted by Gasteiger charge is -2.04. The van der Waals surface area contributed by atoms with Crippen LogP contribution in [0.15, 0.2) is 41.1 Å². The van der Waals surface area contributed by atoms with E-state index >= 15 is 0 Å². The van der Waals surface area contributed by atoms with Crippen molar-refractivity contribution in [3.8, 4) is 23.0 Å². The van der Waals surface area contributed by atoms with Crippen LogP contribution >= 0.6 is 0 Å². The smallest absolute Gasteiger partial charge is 0.258 e. The number of anilines is 1. The fourth-order valence-electron chi connectivity index (χ4n) is 2.62.